The van der Waals surface area contributed by atoms with Crippen LogP contribution in [0.2, 0.25) is 0 Å². The maximum absolute atomic E-state index is 12.2. The Kier molecular flexibility index (Phi) is 5.31. The van der Waals surface area contributed by atoms with Crippen LogP contribution < -0.4 is 4.74 Å². The molecule has 6 nitrogen and oxygen atoms in total. The average molecular weight is 299 g/mol. The molecule has 0 spiro atoms. The minimum Gasteiger partial charge on any atom is -0.459 e. The molecule has 0 N–H and O–H groups in total. The normalized spacial score (nSPS) is 20.8. The summed E-state index contributed by atoms with van der Waals surface area (Å²) in [6.45, 7) is 2.97. The molecule has 1 aromatic heterocycles. The second-order valence-corrected chi connectivity index (χ2v) is 7.03. The Balaban J connectivity index is 1.95. The maximum atomic E-state index is 12.2. The highest BCUT2D eigenvalue weighted by molar-refractivity contribution is 7.89. The molecule has 20 heavy (non-hydrogen) atoms. The smallest absolute Gasteiger partial charge is 0.316 e. The molecule has 0 aromatic carbocycles. The van der Waals surface area contributed by atoms with Crippen LogP contribution in [0.4, 0.5) is 0 Å². The lowest BCUT2D eigenvalue weighted by Crippen LogP contribution is -2.45. The summed E-state index contributed by atoms with van der Waals surface area (Å²) in [4.78, 5) is 8.02. The molecule has 1 aromatic rings. The minimum absolute atomic E-state index is 0.164. The van der Waals surface area contributed by atoms with Crippen LogP contribution in [-0.2, 0) is 10.0 Å². The van der Waals surface area contributed by atoms with Gasteiger partial charge in [0.2, 0.25) is 10.0 Å². The molecule has 1 aliphatic rings. The van der Waals surface area contributed by atoms with E-state index in [4.69, 9.17) is 4.74 Å². The summed E-state index contributed by atoms with van der Waals surface area (Å²) in [5.41, 5.74) is 0. The fourth-order valence-corrected chi connectivity index (χ4v) is 3.92. The Bertz CT molecular complexity index is 507. The van der Waals surface area contributed by atoms with Gasteiger partial charge >= 0.3 is 6.01 Å². The maximum Gasteiger partial charge on any atom is 0.316 e. The van der Waals surface area contributed by atoms with Crippen molar-refractivity contribution in [3.63, 3.8) is 0 Å². The van der Waals surface area contributed by atoms with E-state index in [9.17, 15) is 8.42 Å². The van der Waals surface area contributed by atoms with Gasteiger partial charge in [0.25, 0.3) is 0 Å². The quantitative estimate of drug-likeness (QED) is 0.795. The molecule has 0 saturated carbocycles. The van der Waals surface area contributed by atoms with Gasteiger partial charge in [0.15, 0.2) is 0 Å². The van der Waals surface area contributed by atoms with E-state index in [0.717, 1.165) is 19.3 Å². The third-order valence-electron chi connectivity index (χ3n) is 3.30. The molecule has 1 unspecified atom stereocenters. The number of unbranched alkanes of at least 4 members (excludes halogenated alkanes) is 1. The molecule has 1 fully saturated rings. The highest BCUT2D eigenvalue weighted by atomic mass is 32.2. The van der Waals surface area contributed by atoms with Crippen molar-refractivity contribution in [2.24, 2.45) is 0 Å². The third kappa shape index (κ3) is 4.14. The first-order valence-electron chi connectivity index (χ1n) is 7.03. The minimum atomic E-state index is -3.16. The highest BCUT2D eigenvalue weighted by Gasteiger charge is 2.29. The zero-order chi connectivity index (χ0) is 14.4. The Morgan fingerprint density at radius 2 is 2.15 bits per heavy atom. The zero-order valence-electron chi connectivity index (χ0n) is 11.7. The molecule has 2 heterocycles. The van der Waals surface area contributed by atoms with Crippen molar-refractivity contribution >= 4 is 10.0 Å². The van der Waals surface area contributed by atoms with Gasteiger partial charge in [-0.1, -0.05) is 13.3 Å². The summed E-state index contributed by atoms with van der Waals surface area (Å²) in [7, 11) is -3.16. The van der Waals surface area contributed by atoms with E-state index in [-0.39, 0.29) is 11.9 Å². The molecule has 7 heteroatoms. The number of ether oxygens (including phenoxy) is 1. The van der Waals surface area contributed by atoms with Gasteiger partial charge in [-0.15, -0.1) is 0 Å². The molecule has 0 amide bonds. The van der Waals surface area contributed by atoms with Crippen LogP contribution in [0.15, 0.2) is 18.5 Å². The summed E-state index contributed by atoms with van der Waals surface area (Å²) >= 11 is 0. The van der Waals surface area contributed by atoms with Gasteiger partial charge in [-0.3, -0.25) is 0 Å². The standard InChI is InChI=1S/C13H21N3O3S/c1-2-3-10-20(17,18)16-9-4-6-12(11-16)19-13-14-7-5-8-15-13/h5,7-8,12H,2-4,6,9-11H2,1H3. The fraction of sp³-hybridized carbons (Fsp3) is 0.692. The van der Waals surface area contributed by atoms with Crippen LogP contribution in [0.1, 0.15) is 32.6 Å². The largest absolute Gasteiger partial charge is 0.459 e. The Labute approximate surface area is 120 Å². The molecule has 0 aliphatic carbocycles. The molecular formula is C13H21N3O3S. The van der Waals surface area contributed by atoms with Crippen molar-refractivity contribution in [3.8, 4) is 6.01 Å². The van der Waals surface area contributed by atoms with Crippen LogP contribution in [0.5, 0.6) is 6.01 Å². The Hall–Kier alpha value is -1.21. The lowest BCUT2D eigenvalue weighted by molar-refractivity contribution is 0.119. The van der Waals surface area contributed by atoms with Gasteiger partial charge in [-0.05, 0) is 25.3 Å². The van der Waals surface area contributed by atoms with E-state index in [1.165, 1.54) is 0 Å². The van der Waals surface area contributed by atoms with E-state index in [1.54, 1.807) is 22.8 Å². The molecule has 0 radical (unpaired) electrons. The van der Waals surface area contributed by atoms with E-state index in [0.29, 0.717) is 25.5 Å². The van der Waals surface area contributed by atoms with Crippen molar-refractivity contribution in [1.29, 1.82) is 0 Å². The number of hydrogen-bond acceptors (Lipinski definition) is 5. The molecule has 0 bridgehead atoms. The third-order valence-corrected chi connectivity index (χ3v) is 5.23. The molecular weight excluding hydrogens is 278 g/mol. The number of rotatable bonds is 6. The SMILES string of the molecule is CCCCS(=O)(=O)N1CCCC(Oc2ncccn2)C1. The first kappa shape index (κ1) is 15.2. The number of aromatic nitrogens is 2. The lowest BCUT2D eigenvalue weighted by Gasteiger charge is -2.31. The Morgan fingerprint density at radius 1 is 1.40 bits per heavy atom. The Morgan fingerprint density at radius 3 is 2.85 bits per heavy atom. The van der Waals surface area contributed by atoms with Crippen LogP contribution in [0.3, 0.4) is 0 Å². The number of hydrogen-bond donors (Lipinski definition) is 0. The van der Waals surface area contributed by atoms with E-state index in [1.807, 2.05) is 6.92 Å². The summed E-state index contributed by atoms with van der Waals surface area (Å²) in [5.74, 6) is 0.220. The van der Waals surface area contributed by atoms with Gasteiger partial charge in [-0.25, -0.2) is 18.4 Å². The number of sulfonamides is 1. The topological polar surface area (TPSA) is 72.4 Å². The van der Waals surface area contributed by atoms with Crippen LogP contribution in [0, 0.1) is 0 Å². The molecule has 1 aliphatic heterocycles. The van der Waals surface area contributed by atoms with Crippen molar-refractivity contribution in [1.82, 2.24) is 14.3 Å². The summed E-state index contributed by atoms with van der Waals surface area (Å²) in [6.07, 6.45) is 6.28. The molecule has 1 saturated heterocycles. The number of nitrogens with zero attached hydrogens (tertiary/aromatic N) is 3. The molecule has 2 rings (SSSR count). The highest BCUT2D eigenvalue weighted by Crippen LogP contribution is 2.18. The molecule has 112 valence electrons. The summed E-state index contributed by atoms with van der Waals surface area (Å²) < 4.78 is 31.6. The van der Waals surface area contributed by atoms with Gasteiger partial charge in [0.1, 0.15) is 6.10 Å². The van der Waals surface area contributed by atoms with Crippen molar-refractivity contribution in [2.75, 3.05) is 18.8 Å². The van der Waals surface area contributed by atoms with Crippen LogP contribution >= 0.6 is 0 Å². The zero-order valence-corrected chi connectivity index (χ0v) is 12.6. The van der Waals surface area contributed by atoms with E-state index < -0.39 is 10.0 Å². The number of piperidine rings is 1. The van der Waals surface area contributed by atoms with E-state index in [2.05, 4.69) is 9.97 Å². The van der Waals surface area contributed by atoms with Crippen molar-refractivity contribution in [3.05, 3.63) is 18.5 Å². The second kappa shape index (κ2) is 6.99. The van der Waals surface area contributed by atoms with Gasteiger partial charge in [0, 0.05) is 18.9 Å². The van der Waals surface area contributed by atoms with Gasteiger partial charge in [0.05, 0.1) is 12.3 Å². The summed E-state index contributed by atoms with van der Waals surface area (Å²) in [5, 5.41) is 0. The van der Waals surface area contributed by atoms with E-state index >= 15 is 0 Å². The second-order valence-electron chi connectivity index (χ2n) is 4.94. The van der Waals surface area contributed by atoms with Crippen LogP contribution in [0.25, 0.3) is 0 Å². The predicted molar refractivity (Wildman–Crippen MR) is 75.9 cm³/mol. The fourth-order valence-electron chi connectivity index (χ4n) is 2.21. The predicted octanol–water partition coefficient (Wildman–Crippen LogP) is 1.45. The first-order valence-corrected chi connectivity index (χ1v) is 8.64. The van der Waals surface area contributed by atoms with Crippen molar-refractivity contribution in [2.45, 2.75) is 38.7 Å². The lowest BCUT2D eigenvalue weighted by atomic mass is 10.1. The monoisotopic (exact) mass is 299 g/mol. The molecule has 1 atom stereocenters. The first-order chi connectivity index (χ1) is 9.62. The average Bonchev–Trinajstić information content (AvgIpc) is 2.47. The van der Waals surface area contributed by atoms with Crippen molar-refractivity contribution < 1.29 is 13.2 Å². The van der Waals surface area contributed by atoms with Gasteiger partial charge < -0.3 is 4.74 Å². The van der Waals surface area contributed by atoms with Crippen LogP contribution in [-0.4, -0.2) is 47.6 Å². The summed E-state index contributed by atoms with van der Waals surface area (Å²) in [6, 6.07) is 2.03. The van der Waals surface area contributed by atoms with Gasteiger partial charge in [-0.2, -0.15) is 4.31 Å².